The molecule has 3 rings (SSSR count). The number of carbonyl (C=O) groups excluding carboxylic acids is 1. The van der Waals surface area contributed by atoms with Crippen LogP contribution in [0.4, 0.5) is 0 Å². The van der Waals surface area contributed by atoms with Gasteiger partial charge in [0.05, 0.1) is 12.0 Å². The van der Waals surface area contributed by atoms with Crippen LogP contribution in [0, 0.1) is 0 Å². The standard InChI is InChI=1S/C23H23ClN2O4S2/c1-30-23(27)11-10-22-18(15-20(31-22)14-17-4-2-12-25-16-17)5-3-13-26-32(28,29)21-8-6-19(24)7-9-21/h2,4,6-12,15-16,26H,3,5,13-14H2,1H3/b11-10+. The van der Waals surface area contributed by atoms with Crippen LogP contribution in [0.5, 0.6) is 0 Å². The van der Waals surface area contributed by atoms with Crippen LogP contribution in [0.2, 0.25) is 5.02 Å². The van der Waals surface area contributed by atoms with E-state index >= 15 is 0 Å². The Hall–Kier alpha value is -2.52. The van der Waals surface area contributed by atoms with Gasteiger partial charge in [0.15, 0.2) is 0 Å². The number of thiophene rings is 1. The summed E-state index contributed by atoms with van der Waals surface area (Å²) in [7, 11) is -2.25. The summed E-state index contributed by atoms with van der Waals surface area (Å²) in [6.45, 7) is 0.291. The molecular formula is C23H23ClN2O4S2. The first-order chi connectivity index (χ1) is 15.4. The molecule has 0 aliphatic heterocycles. The first-order valence-electron chi connectivity index (χ1n) is 9.89. The zero-order valence-electron chi connectivity index (χ0n) is 17.5. The molecule has 2 heterocycles. The van der Waals surface area contributed by atoms with E-state index in [2.05, 4.69) is 20.5 Å². The molecule has 9 heteroatoms. The van der Waals surface area contributed by atoms with E-state index in [1.54, 1.807) is 35.7 Å². The maximum absolute atomic E-state index is 12.4. The number of aryl methyl sites for hydroxylation is 1. The fourth-order valence-corrected chi connectivity index (χ4v) is 5.37. The first-order valence-corrected chi connectivity index (χ1v) is 12.6. The van der Waals surface area contributed by atoms with E-state index in [0.717, 1.165) is 27.3 Å². The molecule has 0 spiro atoms. The average Bonchev–Trinajstić information content (AvgIpc) is 3.17. The number of pyridine rings is 1. The predicted octanol–water partition coefficient (Wildman–Crippen LogP) is 4.48. The van der Waals surface area contributed by atoms with E-state index < -0.39 is 16.0 Å². The number of carbonyl (C=O) groups is 1. The lowest BCUT2D eigenvalue weighted by Gasteiger charge is -2.07. The third kappa shape index (κ3) is 7.00. The van der Waals surface area contributed by atoms with Gasteiger partial charge in [-0.2, -0.15) is 0 Å². The van der Waals surface area contributed by atoms with Crippen molar-refractivity contribution >= 4 is 45.0 Å². The highest BCUT2D eigenvalue weighted by molar-refractivity contribution is 7.89. The fraction of sp³-hybridized carbons (Fsp3) is 0.217. The lowest BCUT2D eigenvalue weighted by atomic mass is 10.1. The van der Waals surface area contributed by atoms with Gasteiger partial charge in [0.1, 0.15) is 0 Å². The van der Waals surface area contributed by atoms with Crippen molar-refractivity contribution in [3.63, 3.8) is 0 Å². The second-order valence-corrected chi connectivity index (χ2v) is 10.3. The highest BCUT2D eigenvalue weighted by Gasteiger charge is 2.14. The Balaban J connectivity index is 1.66. The molecule has 0 amide bonds. The maximum Gasteiger partial charge on any atom is 0.330 e. The molecule has 0 aliphatic carbocycles. The van der Waals surface area contributed by atoms with Crippen molar-refractivity contribution in [3.8, 4) is 0 Å². The largest absolute Gasteiger partial charge is 0.466 e. The number of sulfonamides is 1. The van der Waals surface area contributed by atoms with E-state index in [1.807, 2.05) is 18.3 Å². The minimum absolute atomic E-state index is 0.179. The second-order valence-electron chi connectivity index (χ2n) is 6.95. The molecule has 32 heavy (non-hydrogen) atoms. The van der Waals surface area contributed by atoms with Crippen LogP contribution >= 0.6 is 22.9 Å². The van der Waals surface area contributed by atoms with Gasteiger partial charge in [0, 0.05) is 46.2 Å². The van der Waals surface area contributed by atoms with E-state index in [9.17, 15) is 13.2 Å². The topological polar surface area (TPSA) is 85.4 Å². The van der Waals surface area contributed by atoms with Crippen molar-refractivity contribution in [2.45, 2.75) is 24.2 Å². The van der Waals surface area contributed by atoms with Crippen molar-refractivity contribution < 1.29 is 17.9 Å². The minimum Gasteiger partial charge on any atom is -0.466 e. The molecule has 1 N–H and O–H groups in total. The summed E-state index contributed by atoms with van der Waals surface area (Å²) in [5, 5.41) is 0.482. The third-order valence-electron chi connectivity index (χ3n) is 4.60. The Bertz CT molecular complexity index is 1170. The Labute approximate surface area is 197 Å². The van der Waals surface area contributed by atoms with Gasteiger partial charge < -0.3 is 4.74 Å². The van der Waals surface area contributed by atoms with Gasteiger partial charge in [-0.25, -0.2) is 17.9 Å². The number of esters is 1. The Morgan fingerprint density at radius 3 is 2.72 bits per heavy atom. The minimum atomic E-state index is -3.59. The fourth-order valence-electron chi connectivity index (χ4n) is 3.02. The van der Waals surface area contributed by atoms with E-state index in [-0.39, 0.29) is 4.90 Å². The molecule has 1 aromatic carbocycles. The number of hydrogen-bond donors (Lipinski definition) is 1. The molecule has 0 saturated carbocycles. The highest BCUT2D eigenvalue weighted by atomic mass is 35.5. The number of methoxy groups -OCH3 is 1. The number of rotatable bonds is 10. The number of aromatic nitrogens is 1. The number of nitrogens with zero attached hydrogens (tertiary/aromatic N) is 1. The van der Waals surface area contributed by atoms with Gasteiger partial charge in [-0.1, -0.05) is 17.7 Å². The maximum atomic E-state index is 12.4. The van der Waals surface area contributed by atoms with Crippen LogP contribution in [-0.2, 0) is 32.4 Å². The summed E-state index contributed by atoms with van der Waals surface area (Å²) in [4.78, 5) is 17.9. The molecular weight excluding hydrogens is 468 g/mol. The SMILES string of the molecule is COC(=O)/C=C/c1sc(Cc2cccnc2)cc1CCCNS(=O)(=O)c1ccc(Cl)cc1. The molecule has 3 aromatic rings. The first kappa shape index (κ1) is 24.1. The molecule has 0 fully saturated rings. The van der Waals surface area contributed by atoms with Crippen LogP contribution in [0.3, 0.4) is 0 Å². The highest BCUT2D eigenvalue weighted by Crippen LogP contribution is 2.27. The lowest BCUT2D eigenvalue weighted by molar-refractivity contribution is -0.134. The van der Waals surface area contributed by atoms with Gasteiger partial charge in [-0.05, 0) is 66.4 Å². The van der Waals surface area contributed by atoms with Gasteiger partial charge in [0.2, 0.25) is 10.0 Å². The molecule has 0 bridgehead atoms. The number of hydrogen-bond acceptors (Lipinski definition) is 6. The molecule has 0 saturated heterocycles. The van der Waals surface area contributed by atoms with E-state index in [4.69, 9.17) is 11.6 Å². The van der Waals surface area contributed by atoms with Crippen LogP contribution in [0.1, 0.15) is 27.3 Å². The van der Waals surface area contributed by atoms with Crippen molar-refractivity contribution in [2.24, 2.45) is 0 Å². The summed E-state index contributed by atoms with van der Waals surface area (Å²) < 4.78 is 32.1. The molecule has 0 unspecified atom stereocenters. The number of ether oxygens (including phenoxy) is 1. The Morgan fingerprint density at radius 1 is 1.25 bits per heavy atom. The van der Waals surface area contributed by atoms with Crippen molar-refractivity contribution in [1.29, 1.82) is 0 Å². The molecule has 2 aromatic heterocycles. The monoisotopic (exact) mass is 490 g/mol. The third-order valence-corrected chi connectivity index (χ3v) is 7.48. The van der Waals surface area contributed by atoms with Gasteiger partial charge >= 0.3 is 5.97 Å². The zero-order valence-corrected chi connectivity index (χ0v) is 19.8. The molecule has 0 aliphatic rings. The van der Waals surface area contributed by atoms with E-state index in [0.29, 0.717) is 24.4 Å². The summed E-state index contributed by atoms with van der Waals surface area (Å²) in [6.07, 6.45) is 8.71. The normalized spacial score (nSPS) is 11.7. The molecule has 0 atom stereocenters. The predicted molar refractivity (Wildman–Crippen MR) is 127 cm³/mol. The summed E-state index contributed by atoms with van der Waals surface area (Å²) in [5.41, 5.74) is 2.15. The second kappa shape index (κ2) is 11.4. The van der Waals surface area contributed by atoms with Crippen molar-refractivity contribution in [1.82, 2.24) is 9.71 Å². The van der Waals surface area contributed by atoms with Gasteiger partial charge in [-0.3, -0.25) is 4.98 Å². The quantitative estimate of drug-likeness (QED) is 0.257. The number of nitrogens with one attached hydrogen (secondary N) is 1. The Morgan fingerprint density at radius 2 is 2.03 bits per heavy atom. The van der Waals surface area contributed by atoms with Gasteiger partial charge in [0.25, 0.3) is 0 Å². The van der Waals surface area contributed by atoms with Gasteiger partial charge in [-0.15, -0.1) is 11.3 Å². The molecule has 0 radical (unpaired) electrons. The summed E-state index contributed by atoms with van der Waals surface area (Å²) in [5.74, 6) is -0.422. The molecule has 6 nitrogen and oxygen atoms in total. The average molecular weight is 491 g/mol. The Kier molecular flexibility index (Phi) is 8.58. The van der Waals surface area contributed by atoms with Crippen molar-refractivity contribution in [2.75, 3.05) is 13.7 Å². The number of halogens is 1. The summed E-state index contributed by atoms with van der Waals surface area (Å²) >= 11 is 7.42. The smallest absolute Gasteiger partial charge is 0.330 e. The summed E-state index contributed by atoms with van der Waals surface area (Å²) in [6, 6.07) is 12.1. The van der Waals surface area contributed by atoms with Crippen LogP contribution in [0.15, 0.2) is 65.8 Å². The van der Waals surface area contributed by atoms with E-state index in [1.165, 1.54) is 25.3 Å². The number of benzene rings is 1. The van der Waals surface area contributed by atoms with Crippen molar-refractivity contribution in [3.05, 3.63) is 86.8 Å². The molecule has 168 valence electrons. The zero-order chi connectivity index (χ0) is 23.0. The van der Waals surface area contributed by atoms with Crippen LogP contribution < -0.4 is 4.72 Å². The van der Waals surface area contributed by atoms with Crippen LogP contribution in [-0.4, -0.2) is 33.0 Å². The van der Waals surface area contributed by atoms with Crippen LogP contribution in [0.25, 0.3) is 6.08 Å². The lowest BCUT2D eigenvalue weighted by Crippen LogP contribution is -2.25.